The fourth-order valence-electron chi connectivity index (χ4n) is 2.79. The first-order valence-electron chi connectivity index (χ1n) is 10.2. The zero-order chi connectivity index (χ0) is 22.9. The average Bonchev–Trinajstić information content (AvgIpc) is 3.15. The maximum absolute atomic E-state index is 12.4. The summed E-state index contributed by atoms with van der Waals surface area (Å²) in [4.78, 5) is 24.4. The Bertz CT molecular complexity index is 1080. The lowest BCUT2D eigenvalue weighted by Gasteiger charge is -2.09. The molecule has 3 aromatic rings. The van der Waals surface area contributed by atoms with Crippen molar-refractivity contribution in [1.29, 1.82) is 0 Å². The standard InChI is InChI=1S/C23H26N4O4S/c1-4-12-30-22(29)17-9-7-10-18(13-17)24-21(28)15-32-23-26-25-20(27(23)3)14-31-19-11-6-5-8-16(19)2/h5-11,13H,4,12,14-15H2,1-3H3,(H,24,28). The molecule has 1 N–H and O–H groups in total. The highest BCUT2D eigenvalue weighted by atomic mass is 32.2. The van der Waals surface area contributed by atoms with E-state index in [-0.39, 0.29) is 18.3 Å². The van der Waals surface area contributed by atoms with E-state index in [9.17, 15) is 9.59 Å². The molecule has 0 saturated carbocycles. The molecule has 9 heteroatoms. The quantitative estimate of drug-likeness (QED) is 0.365. The van der Waals surface area contributed by atoms with Crippen LogP contribution >= 0.6 is 11.8 Å². The Labute approximate surface area is 191 Å². The second-order valence-corrected chi connectivity index (χ2v) is 8.01. The monoisotopic (exact) mass is 454 g/mol. The van der Waals surface area contributed by atoms with E-state index in [2.05, 4.69) is 15.5 Å². The Balaban J connectivity index is 1.52. The molecule has 0 bridgehead atoms. The van der Waals surface area contributed by atoms with Gasteiger partial charge in [-0.15, -0.1) is 10.2 Å². The number of aromatic nitrogens is 3. The van der Waals surface area contributed by atoms with Crippen molar-refractivity contribution in [3.8, 4) is 5.75 Å². The number of benzene rings is 2. The summed E-state index contributed by atoms with van der Waals surface area (Å²) in [5, 5.41) is 11.7. The van der Waals surface area contributed by atoms with Crippen LogP contribution in [0, 0.1) is 6.92 Å². The van der Waals surface area contributed by atoms with E-state index >= 15 is 0 Å². The number of carbonyl (C=O) groups excluding carboxylic acids is 2. The van der Waals surface area contributed by atoms with Crippen molar-refractivity contribution < 1.29 is 19.1 Å². The minimum atomic E-state index is -0.406. The summed E-state index contributed by atoms with van der Waals surface area (Å²) < 4.78 is 12.8. The maximum atomic E-state index is 12.4. The van der Waals surface area contributed by atoms with Gasteiger partial charge in [0.2, 0.25) is 5.91 Å². The highest BCUT2D eigenvalue weighted by Crippen LogP contribution is 2.20. The Morgan fingerprint density at radius 1 is 1.12 bits per heavy atom. The summed E-state index contributed by atoms with van der Waals surface area (Å²) in [5.41, 5.74) is 1.98. The van der Waals surface area contributed by atoms with E-state index < -0.39 is 5.97 Å². The third kappa shape index (κ3) is 6.34. The van der Waals surface area contributed by atoms with Crippen molar-refractivity contribution in [2.24, 2.45) is 7.05 Å². The highest BCUT2D eigenvalue weighted by molar-refractivity contribution is 7.99. The number of rotatable bonds is 10. The second-order valence-electron chi connectivity index (χ2n) is 7.07. The van der Waals surface area contributed by atoms with Crippen LogP contribution in [0.2, 0.25) is 0 Å². The van der Waals surface area contributed by atoms with Crippen LogP contribution in [-0.2, 0) is 23.2 Å². The summed E-state index contributed by atoms with van der Waals surface area (Å²) in [6, 6.07) is 14.4. The smallest absolute Gasteiger partial charge is 0.338 e. The molecule has 0 fully saturated rings. The van der Waals surface area contributed by atoms with Crippen LogP contribution in [0.4, 0.5) is 5.69 Å². The average molecular weight is 455 g/mol. The number of aryl methyl sites for hydroxylation is 1. The first-order valence-corrected chi connectivity index (χ1v) is 11.2. The van der Waals surface area contributed by atoms with Crippen molar-refractivity contribution in [2.45, 2.75) is 32.0 Å². The number of hydrogen-bond acceptors (Lipinski definition) is 7. The molecule has 3 rings (SSSR count). The molecule has 0 aliphatic rings. The van der Waals surface area contributed by atoms with Crippen molar-refractivity contribution in [2.75, 3.05) is 17.7 Å². The molecular formula is C23H26N4O4S. The molecule has 0 radical (unpaired) electrons. The summed E-state index contributed by atoms with van der Waals surface area (Å²) in [6.45, 7) is 4.55. The van der Waals surface area contributed by atoms with Crippen LogP contribution < -0.4 is 10.1 Å². The largest absolute Gasteiger partial charge is 0.485 e. The fourth-order valence-corrected chi connectivity index (χ4v) is 3.52. The number of nitrogens with one attached hydrogen (secondary N) is 1. The molecule has 0 unspecified atom stereocenters. The summed E-state index contributed by atoms with van der Waals surface area (Å²) in [5.74, 6) is 0.987. The lowest BCUT2D eigenvalue weighted by atomic mass is 10.2. The van der Waals surface area contributed by atoms with Gasteiger partial charge in [-0.25, -0.2) is 4.79 Å². The topological polar surface area (TPSA) is 95.3 Å². The van der Waals surface area contributed by atoms with Crippen LogP contribution in [0.25, 0.3) is 0 Å². The van der Waals surface area contributed by atoms with Crippen molar-refractivity contribution in [3.05, 3.63) is 65.5 Å². The third-order valence-corrected chi connectivity index (χ3v) is 5.55. The van der Waals surface area contributed by atoms with Gasteiger partial charge in [-0.3, -0.25) is 4.79 Å². The van der Waals surface area contributed by atoms with Crippen LogP contribution in [-0.4, -0.2) is 39.0 Å². The van der Waals surface area contributed by atoms with Gasteiger partial charge in [0.1, 0.15) is 12.4 Å². The molecule has 32 heavy (non-hydrogen) atoms. The first kappa shape index (κ1) is 23.3. The molecule has 0 aliphatic heterocycles. The Kier molecular flexibility index (Phi) is 8.27. The minimum absolute atomic E-state index is 0.148. The molecule has 1 heterocycles. The van der Waals surface area contributed by atoms with Crippen molar-refractivity contribution >= 4 is 29.3 Å². The molecule has 1 aromatic heterocycles. The van der Waals surface area contributed by atoms with Gasteiger partial charge < -0.3 is 19.4 Å². The van der Waals surface area contributed by atoms with Crippen LogP contribution in [0.1, 0.15) is 35.1 Å². The molecular weight excluding hydrogens is 428 g/mol. The van der Waals surface area contributed by atoms with Gasteiger partial charge in [0, 0.05) is 12.7 Å². The molecule has 2 aromatic carbocycles. The van der Waals surface area contributed by atoms with E-state index in [1.807, 2.05) is 45.2 Å². The number of thioether (sulfide) groups is 1. The molecule has 168 valence electrons. The van der Waals surface area contributed by atoms with Gasteiger partial charge in [0.15, 0.2) is 11.0 Å². The predicted octanol–water partition coefficient (Wildman–Crippen LogP) is 4.00. The van der Waals surface area contributed by atoms with E-state index in [4.69, 9.17) is 9.47 Å². The van der Waals surface area contributed by atoms with Crippen LogP contribution in [0.15, 0.2) is 53.7 Å². The Hall–Kier alpha value is -3.33. The fraction of sp³-hybridized carbons (Fsp3) is 0.304. The highest BCUT2D eigenvalue weighted by Gasteiger charge is 2.13. The normalized spacial score (nSPS) is 10.6. The van der Waals surface area contributed by atoms with Gasteiger partial charge in [-0.1, -0.05) is 43.0 Å². The molecule has 8 nitrogen and oxygen atoms in total. The SMILES string of the molecule is CCCOC(=O)c1cccc(NC(=O)CSc2nnc(COc3ccccc3C)n2C)c1. The van der Waals surface area contributed by atoms with E-state index in [0.29, 0.717) is 28.8 Å². The summed E-state index contributed by atoms with van der Waals surface area (Å²) in [6.07, 6.45) is 0.751. The number of ether oxygens (including phenoxy) is 2. The maximum Gasteiger partial charge on any atom is 0.338 e. The zero-order valence-corrected chi connectivity index (χ0v) is 19.1. The zero-order valence-electron chi connectivity index (χ0n) is 18.3. The van der Waals surface area contributed by atoms with E-state index in [1.54, 1.807) is 28.8 Å². The number of para-hydroxylation sites is 1. The first-order chi connectivity index (χ1) is 15.5. The number of carbonyl (C=O) groups is 2. The van der Waals surface area contributed by atoms with E-state index in [1.165, 1.54) is 11.8 Å². The number of nitrogens with zero attached hydrogens (tertiary/aromatic N) is 3. The molecule has 0 aliphatic carbocycles. The number of hydrogen-bond donors (Lipinski definition) is 1. The Morgan fingerprint density at radius 2 is 1.94 bits per heavy atom. The van der Waals surface area contributed by atoms with Crippen LogP contribution in [0.5, 0.6) is 5.75 Å². The van der Waals surface area contributed by atoms with Gasteiger partial charge in [0.25, 0.3) is 0 Å². The molecule has 0 spiro atoms. The number of esters is 1. The lowest BCUT2D eigenvalue weighted by molar-refractivity contribution is -0.113. The molecule has 0 saturated heterocycles. The summed E-state index contributed by atoms with van der Waals surface area (Å²) >= 11 is 1.27. The van der Waals surface area contributed by atoms with Gasteiger partial charge in [-0.05, 0) is 43.2 Å². The van der Waals surface area contributed by atoms with Gasteiger partial charge in [0.05, 0.1) is 17.9 Å². The Morgan fingerprint density at radius 3 is 2.72 bits per heavy atom. The molecule has 0 atom stereocenters. The summed E-state index contributed by atoms with van der Waals surface area (Å²) in [7, 11) is 1.84. The van der Waals surface area contributed by atoms with Gasteiger partial charge >= 0.3 is 5.97 Å². The van der Waals surface area contributed by atoms with Crippen molar-refractivity contribution in [1.82, 2.24) is 14.8 Å². The number of amides is 1. The second kappa shape index (κ2) is 11.3. The van der Waals surface area contributed by atoms with Crippen LogP contribution in [0.3, 0.4) is 0 Å². The lowest BCUT2D eigenvalue weighted by Crippen LogP contribution is -2.15. The van der Waals surface area contributed by atoms with Gasteiger partial charge in [-0.2, -0.15) is 0 Å². The number of anilines is 1. The molecule has 1 amide bonds. The predicted molar refractivity (Wildman–Crippen MR) is 123 cm³/mol. The van der Waals surface area contributed by atoms with Crippen molar-refractivity contribution in [3.63, 3.8) is 0 Å². The van der Waals surface area contributed by atoms with E-state index in [0.717, 1.165) is 17.7 Å². The third-order valence-electron chi connectivity index (χ3n) is 4.53. The minimum Gasteiger partial charge on any atom is -0.485 e.